The third-order valence-corrected chi connectivity index (χ3v) is 4.72. The Morgan fingerprint density at radius 3 is 2.33 bits per heavy atom. The first kappa shape index (κ1) is 16.2. The number of hydrogen-bond acceptors (Lipinski definition) is 2. The lowest BCUT2D eigenvalue weighted by atomic mass is 9.85. The molecule has 1 N–H and O–H groups in total. The molecule has 2 aromatic rings. The Morgan fingerprint density at radius 1 is 1.08 bits per heavy atom. The molecule has 0 unspecified atom stereocenters. The molecule has 4 nitrogen and oxygen atoms in total. The third-order valence-electron chi connectivity index (χ3n) is 4.72. The van der Waals surface area contributed by atoms with Gasteiger partial charge >= 0.3 is 5.97 Å². The maximum absolute atomic E-state index is 12.4. The van der Waals surface area contributed by atoms with Crippen LogP contribution in [0.5, 0.6) is 0 Å². The summed E-state index contributed by atoms with van der Waals surface area (Å²) in [7, 11) is 0. The summed E-state index contributed by atoms with van der Waals surface area (Å²) in [6.07, 6.45) is 0.839. The highest BCUT2D eigenvalue weighted by atomic mass is 16.4. The van der Waals surface area contributed by atoms with E-state index >= 15 is 0 Å². The van der Waals surface area contributed by atoms with E-state index in [9.17, 15) is 14.7 Å². The van der Waals surface area contributed by atoms with E-state index < -0.39 is 12.0 Å². The molecule has 3 rings (SSSR count). The summed E-state index contributed by atoms with van der Waals surface area (Å²) in [5, 5.41) is 9.87. The van der Waals surface area contributed by atoms with Crippen molar-refractivity contribution in [3.8, 4) is 0 Å². The Labute approximate surface area is 141 Å². The molecule has 0 spiro atoms. The number of carbonyl (C=O) groups excluding carboxylic acids is 1. The number of rotatable bonds is 2. The second-order valence-electron chi connectivity index (χ2n) is 6.28. The van der Waals surface area contributed by atoms with Crippen LogP contribution in [0.25, 0.3) is 0 Å². The van der Waals surface area contributed by atoms with Crippen molar-refractivity contribution in [1.29, 1.82) is 0 Å². The Hall–Kier alpha value is -2.62. The zero-order chi connectivity index (χ0) is 17.4. The molecule has 0 aromatic heterocycles. The molecule has 0 saturated carbocycles. The molecular formula is C20H21NO3. The smallest absolute Gasteiger partial charge is 0.331 e. The lowest BCUT2D eigenvalue weighted by Crippen LogP contribution is -2.37. The zero-order valence-corrected chi connectivity index (χ0v) is 14.1. The van der Waals surface area contributed by atoms with Gasteiger partial charge in [-0.25, -0.2) is 4.79 Å². The van der Waals surface area contributed by atoms with Crippen molar-refractivity contribution in [2.75, 3.05) is 4.90 Å². The highest BCUT2D eigenvalue weighted by Crippen LogP contribution is 2.45. The average Bonchev–Trinajstić information content (AvgIpc) is 2.66. The minimum absolute atomic E-state index is 0.0716. The van der Waals surface area contributed by atoms with Crippen molar-refractivity contribution in [2.45, 2.75) is 39.2 Å². The van der Waals surface area contributed by atoms with E-state index in [0.717, 1.165) is 23.1 Å². The fraction of sp³-hybridized carbons (Fsp3) is 0.300. The predicted molar refractivity (Wildman–Crippen MR) is 93.3 cm³/mol. The minimum Gasteiger partial charge on any atom is -0.479 e. The van der Waals surface area contributed by atoms with Crippen molar-refractivity contribution in [3.63, 3.8) is 0 Å². The molecule has 0 radical (unpaired) electrons. The molecule has 124 valence electrons. The van der Waals surface area contributed by atoms with E-state index in [1.807, 2.05) is 43.3 Å². The monoisotopic (exact) mass is 323 g/mol. The van der Waals surface area contributed by atoms with Gasteiger partial charge in [-0.1, -0.05) is 48.9 Å². The molecule has 2 atom stereocenters. The van der Waals surface area contributed by atoms with Crippen molar-refractivity contribution >= 4 is 17.6 Å². The van der Waals surface area contributed by atoms with E-state index in [1.165, 1.54) is 11.8 Å². The lowest BCUT2D eigenvalue weighted by molar-refractivity contribution is -0.140. The Bertz CT molecular complexity index is 812. The van der Waals surface area contributed by atoms with Crippen LogP contribution in [0.15, 0.2) is 42.5 Å². The van der Waals surface area contributed by atoms with Gasteiger partial charge in [-0.05, 0) is 36.1 Å². The van der Waals surface area contributed by atoms with Crippen LogP contribution in [-0.4, -0.2) is 17.0 Å². The number of aryl methyl sites for hydroxylation is 1. The number of nitrogens with zero attached hydrogens (tertiary/aromatic N) is 1. The highest BCUT2D eigenvalue weighted by Gasteiger charge is 2.38. The van der Waals surface area contributed by atoms with Crippen LogP contribution >= 0.6 is 0 Å². The Balaban J connectivity index is 2.40. The van der Waals surface area contributed by atoms with Gasteiger partial charge in [0.25, 0.3) is 0 Å². The first-order chi connectivity index (χ1) is 11.5. The Kier molecular flexibility index (Phi) is 4.14. The van der Waals surface area contributed by atoms with Crippen LogP contribution in [0.1, 0.15) is 54.5 Å². The van der Waals surface area contributed by atoms with Crippen LogP contribution in [-0.2, 0) is 9.59 Å². The summed E-state index contributed by atoms with van der Waals surface area (Å²) >= 11 is 0. The van der Waals surface area contributed by atoms with E-state index in [1.54, 1.807) is 0 Å². The van der Waals surface area contributed by atoms with Gasteiger partial charge in [-0.2, -0.15) is 0 Å². The number of fused-ring (bicyclic) bond motifs is 2. The van der Waals surface area contributed by atoms with Gasteiger partial charge in [-0.15, -0.1) is 0 Å². The number of carboxylic acid groups (broad SMARTS) is 1. The van der Waals surface area contributed by atoms with Gasteiger partial charge in [0, 0.05) is 18.5 Å². The van der Waals surface area contributed by atoms with Crippen molar-refractivity contribution in [3.05, 3.63) is 64.7 Å². The molecule has 0 bridgehead atoms. The van der Waals surface area contributed by atoms with Gasteiger partial charge in [0.15, 0.2) is 6.04 Å². The van der Waals surface area contributed by atoms with Gasteiger partial charge in [0.2, 0.25) is 5.91 Å². The summed E-state index contributed by atoms with van der Waals surface area (Å²) in [5.74, 6) is -1.21. The fourth-order valence-electron chi connectivity index (χ4n) is 3.73. The maximum atomic E-state index is 12.4. The lowest BCUT2D eigenvalue weighted by Gasteiger charge is -2.28. The van der Waals surface area contributed by atoms with Crippen molar-refractivity contribution < 1.29 is 14.7 Å². The molecule has 1 aliphatic rings. The molecule has 0 fully saturated rings. The molecule has 1 amide bonds. The molecule has 24 heavy (non-hydrogen) atoms. The second-order valence-corrected chi connectivity index (χ2v) is 6.28. The number of hydrogen-bond donors (Lipinski definition) is 1. The van der Waals surface area contributed by atoms with Gasteiger partial charge in [0.1, 0.15) is 0 Å². The number of carbonyl (C=O) groups is 2. The number of carboxylic acids is 1. The molecule has 1 aliphatic heterocycles. The normalized spacial score (nSPS) is 19.2. The van der Waals surface area contributed by atoms with Crippen LogP contribution in [0.3, 0.4) is 0 Å². The van der Waals surface area contributed by atoms with Crippen LogP contribution in [0, 0.1) is 6.92 Å². The standard InChI is InChI=1S/C20H21NO3/c1-4-14-15-7-5-6-8-16(15)19(20(23)24)21(13(3)22)18-10-9-12(2)11-17(14)18/h5-11,14,19H,4H2,1-3H3,(H,23,24)/t14-,19-/m0/s1. The molecule has 4 heteroatoms. The molecule has 1 heterocycles. The van der Waals surface area contributed by atoms with Gasteiger partial charge in [0.05, 0.1) is 0 Å². The van der Waals surface area contributed by atoms with E-state index in [4.69, 9.17) is 0 Å². The largest absolute Gasteiger partial charge is 0.479 e. The van der Waals surface area contributed by atoms with Crippen LogP contribution in [0.2, 0.25) is 0 Å². The van der Waals surface area contributed by atoms with E-state index in [-0.39, 0.29) is 11.8 Å². The molecule has 2 aromatic carbocycles. The van der Waals surface area contributed by atoms with E-state index in [2.05, 4.69) is 13.0 Å². The minimum atomic E-state index is -1.01. The first-order valence-corrected chi connectivity index (χ1v) is 8.17. The Morgan fingerprint density at radius 2 is 1.75 bits per heavy atom. The molecular weight excluding hydrogens is 302 g/mol. The molecule has 0 saturated heterocycles. The summed E-state index contributed by atoms with van der Waals surface area (Å²) in [5.41, 5.74) is 4.50. The fourth-order valence-corrected chi connectivity index (χ4v) is 3.73. The third kappa shape index (κ3) is 2.48. The summed E-state index contributed by atoms with van der Waals surface area (Å²) in [6.45, 7) is 5.53. The first-order valence-electron chi connectivity index (χ1n) is 8.17. The van der Waals surface area contributed by atoms with Crippen LogP contribution in [0.4, 0.5) is 5.69 Å². The number of aliphatic carboxylic acids is 1. The van der Waals surface area contributed by atoms with Gasteiger partial charge in [-0.3, -0.25) is 9.69 Å². The topological polar surface area (TPSA) is 57.6 Å². The van der Waals surface area contributed by atoms with E-state index in [0.29, 0.717) is 11.3 Å². The van der Waals surface area contributed by atoms with Crippen molar-refractivity contribution in [2.24, 2.45) is 0 Å². The average molecular weight is 323 g/mol. The predicted octanol–water partition coefficient (Wildman–Crippen LogP) is 4.03. The van der Waals surface area contributed by atoms with Gasteiger partial charge < -0.3 is 5.11 Å². The quantitative estimate of drug-likeness (QED) is 0.908. The second kappa shape index (κ2) is 6.11. The summed E-state index contributed by atoms with van der Waals surface area (Å²) < 4.78 is 0. The van der Waals surface area contributed by atoms with Crippen molar-refractivity contribution in [1.82, 2.24) is 0 Å². The zero-order valence-electron chi connectivity index (χ0n) is 14.1. The summed E-state index contributed by atoms with van der Waals surface area (Å²) in [4.78, 5) is 25.9. The number of amides is 1. The number of anilines is 1. The maximum Gasteiger partial charge on any atom is 0.331 e. The highest BCUT2D eigenvalue weighted by molar-refractivity contribution is 6.00. The number of benzene rings is 2. The SMILES string of the molecule is CC[C@H]1c2ccccc2[C@@H](C(=O)O)N(C(C)=O)c2ccc(C)cc21. The summed E-state index contributed by atoms with van der Waals surface area (Å²) in [6, 6.07) is 12.4. The molecule has 0 aliphatic carbocycles. The van der Waals surface area contributed by atoms with Crippen LogP contribution < -0.4 is 4.90 Å².